The van der Waals surface area contributed by atoms with Gasteiger partial charge < -0.3 is 14.6 Å². The molecule has 0 saturated carbocycles. The lowest BCUT2D eigenvalue weighted by molar-refractivity contribution is 0.0692. The number of morpholine rings is 1. The van der Waals surface area contributed by atoms with E-state index in [-0.39, 0.29) is 5.56 Å². The van der Waals surface area contributed by atoms with Crippen molar-refractivity contribution in [3.8, 4) is 0 Å². The first-order valence-corrected chi connectivity index (χ1v) is 6.52. The molecule has 1 aromatic carbocycles. The minimum atomic E-state index is -0.241. The molecule has 2 heterocycles. The average Bonchev–Trinajstić information content (AvgIpc) is 2.47. The Morgan fingerprint density at radius 2 is 2.05 bits per heavy atom. The number of para-hydroxylation sites is 2. The Labute approximate surface area is 115 Å². The van der Waals surface area contributed by atoms with Crippen LogP contribution in [0.2, 0.25) is 0 Å². The average molecular weight is 275 g/mol. The van der Waals surface area contributed by atoms with Gasteiger partial charge in [0, 0.05) is 13.1 Å². The zero-order chi connectivity index (χ0) is 13.2. The SMILES string of the molecule is O=c1[nH]c2ccccc2nc1C(=S)N1CCOCC1. The van der Waals surface area contributed by atoms with Crippen LogP contribution in [0.15, 0.2) is 29.1 Å². The fraction of sp³-hybridized carbons (Fsp3) is 0.308. The molecule has 0 aliphatic carbocycles. The summed E-state index contributed by atoms with van der Waals surface area (Å²) in [7, 11) is 0. The molecule has 0 atom stereocenters. The molecule has 19 heavy (non-hydrogen) atoms. The van der Waals surface area contributed by atoms with E-state index in [4.69, 9.17) is 17.0 Å². The van der Waals surface area contributed by atoms with E-state index in [1.165, 1.54) is 0 Å². The zero-order valence-electron chi connectivity index (χ0n) is 10.3. The third-order valence-electron chi connectivity index (χ3n) is 3.10. The van der Waals surface area contributed by atoms with Gasteiger partial charge in [-0.05, 0) is 12.1 Å². The van der Waals surface area contributed by atoms with Crippen LogP contribution in [0, 0.1) is 0 Å². The van der Waals surface area contributed by atoms with Crippen molar-refractivity contribution in [2.75, 3.05) is 26.3 Å². The van der Waals surface area contributed by atoms with E-state index >= 15 is 0 Å². The molecule has 0 bridgehead atoms. The van der Waals surface area contributed by atoms with Gasteiger partial charge in [0.15, 0.2) is 5.69 Å². The Bertz CT molecular complexity index is 677. The number of fused-ring (bicyclic) bond motifs is 1. The van der Waals surface area contributed by atoms with Crippen LogP contribution in [0.3, 0.4) is 0 Å². The van der Waals surface area contributed by atoms with Gasteiger partial charge in [0.25, 0.3) is 5.56 Å². The van der Waals surface area contributed by atoms with Crippen molar-refractivity contribution in [3.05, 3.63) is 40.3 Å². The van der Waals surface area contributed by atoms with E-state index in [9.17, 15) is 4.79 Å². The summed E-state index contributed by atoms with van der Waals surface area (Å²) in [6.07, 6.45) is 0. The lowest BCUT2D eigenvalue weighted by atomic mass is 10.3. The number of benzene rings is 1. The molecule has 1 aromatic heterocycles. The molecule has 2 aromatic rings. The Balaban J connectivity index is 2.01. The third kappa shape index (κ3) is 2.36. The van der Waals surface area contributed by atoms with Crippen LogP contribution in [0.1, 0.15) is 5.69 Å². The summed E-state index contributed by atoms with van der Waals surface area (Å²) < 4.78 is 5.28. The molecular formula is C13H13N3O2S. The van der Waals surface area contributed by atoms with Crippen molar-refractivity contribution in [3.63, 3.8) is 0 Å². The first-order chi connectivity index (χ1) is 9.25. The summed E-state index contributed by atoms with van der Waals surface area (Å²) in [4.78, 5) is 21.7. The molecule has 1 saturated heterocycles. The minimum absolute atomic E-state index is 0.241. The molecule has 0 unspecified atom stereocenters. The van der Waals surface area contributed by atoms with Gasteiger partial charge in [-0.3, -0.25) is 4.79 Å². The lowest BCUT2D eigenvalue weighted by Crippen LogP contribution is -2.42. The van der Waals surface area contributed by atoms with E-state index in [0.717, 1.165) is 11.0 Å². The normalized spacial score (nSPS) is 15.7. The van der Waals surface area contributed by atoms with Crippen molar-refractivity contribution < 1.29 is 4.74 Å². The topological polar surface area (TPSA) is 58.2 Å². The fourth-order valence-corrected chi connectivity index (χ4v) is 2.41. The van der Waals surface area contributed by atoms with Gasteiger partial charge in [-0.25, -0.2) is 4.98 Å². The van der Waals surface area contributed by atoms with Gasteiger partial charge in [0.1, 0.15) is 4.99 Å². The monoisotopic (exact) mass is 275 g/mol. The van der Waals surface area contributed by atoms with Crippen LogP contribution in [0.4, 0.5) is 0 Å². The van der Waals surface area contributed by atoms with Crippen molar-refractivity contribution in [2.24, 2.45) is 0 Å². The zero-order valence-corrected chi connectivity index (χ0v) is 11.1. The van der Waals surface area contributed by atoms with E-state index < -0.39 is 0 Å². The number of nitrogens with one attached hydrogen (secondary N) is 1. The molecule has 0 radical (unpaired) electrons. The van der Waals surface area contributed by atoms with Gasteiger partial charge >= 0.3 is 0 Å². The van der Waals surface area contributed by atoms with Gasteiger partial charge in [0.2, 0.25) is 0 Å². The standard InChI is InChI=1S/C13H13N3O2S/c17-12-11(13(19)16-5-7-18-8-6-16)14-9-3-1-2-4-10(9)15-12/h1-4H,5-8H2,(H,15,17). The van der Waals surface area contributed by atoms with Crippen LogP contribution in [0.25, 0.3) is 11.0 Å². The van der Waals surface area contributed by atoms with Crippen LogP contribution in [-0.2, 0) is 4.74 Å². The molecule has 0 amide bonds. The molecule has 98 valence electrons. The summed E-state index contributed by atoms with van der Waals surface area (Å²) in [6, 6.07) is 7.43. The molecule has 1 N–H and O–H groups in total. The maximum absolute atomic E-state index is 12.1. The number of H-pyrrole nitrogens is 1. The van der Waals surface area contributed by atoms with E-state index in [1.807, 2.05) is 29.2 Å². The highest BCUT2D eigenvalue weighted by Gasteiger charge is 2.19. The van der Waals surface area contributed by atoms with Crippen LogP contribution >= 0.6 is 12.2 Å². The first-order valence-electron chi connectivity index (χ1n) is 6.12. The predicted molar refractivity (Wildman–Crippen MR) is 76.5 cm³/mol. The van der Waals surface area contributed by atoms with Gasteiger partial charge in [-0.15, -0.1) is 0 Å². The van der Waals surface area contributed by atoms with Crippen LogP contribution in [0.5, 0.6) is 0 Å². The van der Waals surface area contributed by atoms with Gasteiger partial charge in [-0.1, -0.05) is 24.4 Å². The third-order valence-corrected chi connectivity index (χ3v) is 3.55. The van der Waals surface area contributed by atoms with E-state index in [0.29, 0.717) is 37.0 Å². The maximum atomic E-state index is 12.1. The summed E-state index contributed by atoms with van der Waals surface area (Å²) in [5.41, 5.74) is 1.54. The summed E-state index contributed by atoms with van der Waals surface area (Å²) >= 11 is 5.38. The summed E-state index contributed by atoms with van der Waals surface area (Å²) in [6.45, 7) is 2.66. The highest BCUT2D eigenvalue weighted by Crippen LogP contribution is 2.09. The Kier molecular flexibility index (Phi) is 3.27. The summed E-state index contributed by atoms with van der Waals surface area (Å²) in [5.74, 6) is 0. The van der Waals surface area contributed by atoms with Crippen LogP contribution < -0.4 is 5.56 Å². The Morgan fingerprint density at radius 1 is 1.32 bits per heavy atom. The molecule has 6 heteroatoms. The number of aromatic nitrogens is 2. The summed E-state index contributed by atoms with van der Waals surface area (Å²) in [5, 5.41) is 0. The smallest absolute Gasteiger partial charge is 0.277 e. The predicted octanol–water partition coefficient (Wildman–Crippen LogP) is 0.931. The number of nitrogens with zero attached hydrogens (tertiary/aromatic N) is 2. The highest BCUT2D eigenvalue weighted by molar-refractivity contribution is 7.80. The fourth-order valence-electron chi connectivity index (χ4n) is 2.09. The molecule has 5 nitrogen and oxygen atoms in total. The number of thiocarbonyl (C=S) groups is 1. The number of hydrogen-bond acceptors (Lipinski definition) is 4. The second-order valence-corrected chi connectivity index (χ2v) is 4.72. The first kappa shape index (κ1) is 12.3. The second kappa shape index (κ2) is 5.07. The number of ether oxygens (including phenoxy) is 1. The quantitative estimate of drug-likeness (QED) is 0.785. The maximum Gasteiger partial charge on any atom is 0.277 e. The van der Waals surface area contributed by atoms with E-state index in [2.05, 4.69) is 9.97 Å². The Morgan fingerprint density at radius 3 is 2.84 bits per heavy atom. The van der Waals surface area contributed by atoms with Crippen molar-refractivity contribution >= 4 is 28.2 Å². The lowest BCUT2D eigenvalue weighted by Gasteiger charge is -2.28. The van der Waals surface area contributed by atoms with Crippen LogP contribution in [-0.4, -0.2) is 46.2 Å². The Hall–Kier alpha value is -1.79. The number of rotatable bonds is 1. The highest BCUT2D eigenvalue weighted by atomic mass is 32.1. The molecule has 0 spiro atoms. The van der Waals surface area contributed by atoms with Gasteiger partial charge in [0.05, 0.1) is 24.2 Å². The van der Waals surface area contributed by atoms with E-state index in [1.54, 1.807) is 0 Å². The van der Waals surface area contributed by atoms with Crippen molar-refractivity contribution in [1.82, 2.24) is 14.9 Å². The molecule has 1 aliphatic rings. The number of hydrogen-bond donors (Lipinski definition) is 1. The largest absolute Gasteiger partial charge is 0.378 e. The van der Waals surface area contributed by atoms with Crippen molar-refractivity contribution in [1.29, 1.82) is 0 Å². The molecule has 1 aliphatic heterocycles. The minimum Gasteiger partial charge on any atom is -0.378 e. The molecule has 1 fully saturated rings. The van der Waals surface area contributed by atoms with Gasteiger partial charge in [-0.2, -0.15) is 0 Å². The van der Waals surface area contributed by atoms with Crippen molar-refractivity contribution in [2.45, 2.75) is 0 Å². The molecular weight excluding hydrogens is 262 g/mol. The number of aromatic amines is 1. The molecule has 3 rings (SSSR count). The second-order valence-electron chi connectivity index (χ2n) is 4.34.